The van der Waals surface area contributed by atoms with E-state index >= 15 is 0 Å². The molecule has 0 unspecified atom stereocenters. The Kier molecular flexibility index (Phi) is 4.62. The minimum Gasteiger partial charge on any atom is -0.491 e. The van der Waals surface area contributed by atoms with Crippen LogP contribution in [0.25, 0.3) is 22.2 Å². The molecule has 1 aliphatic rings. The number of carbonyl (C=O) groups is 1. The Balaban J connectivity index is 1.48. The molecule has 6 heteroatoms. The number of hydrogen-bond donors (Lipinski definition) is 1. The minimum atomic E-state index is -0.0971. The summed E-state index contributed by atoms with van der Waals surface area (Å²) in [6, 6.07) is 19.9. The lowest BCUT2D eigenvalue weighted by atomic mass is 10.00. The van der Waals surface area contributed by atoms with Crippen molar-refractivity contribution < 1.29 is 9.53 Å². The van der Waals surface area contributed by atoms with Gasteiger partial charge in [0.1, 0.15) is 12.4 Å². The molecule has 0 fully saturated rings. The van der Waals surface area contributed by atoms with Crippen molar-refractivity contribution in [3.05, 3.63) is 77.6 Å². The van der Waals surface area contributed by atoms with Crippen molar-refractivity contribution in [1.29, 1.82) is 0 Å². The molecule has 31 heavy (non-hydrogen) atoms. The van der Waals surface area contributed by atoms with Crippen LogP contribution < -0.4 is 10.5 Å². The molecule has 6 nitrogen and oxygen atoms in total. The Morgan fingerprint density at radius 1 is 1.06 bits per heavy atom. The van der Waals surface area contributed by atoms with E-state index in [2.05, 4.69) is 17.1 Å². The Hall–Kier alpha value is -3.80. The first-order chi connectivity index (χ1) is 15.0. The van der Waals surface area contributed by atoms with Gasteiger partial charge in [-0.15, -0.1) is 0 Å². The molecule has 5 rings (SSSR count). The maximum Gasteiger partial charge on any atom is 0.290 e. The molecule has 1 aromatic heterocycles. The van der Waals surface area contributed by atoms with E-state index in [-0.39, 0.29) is 5.91 Å². The van der Waals surface area contributed by atoms with E-state index in [0.717, 1.165) is 44.7 Å². The zero-order valence-corrected chi connectivity index (χ0v) is 17.6. The number of carbonyl (C=O) groups excluding carboxylic acids is 1. The molecule has 2 N–H and O–H groups in total. The zero-order valence-electron chi connectivity index (χ0n) is 17.6. The van der Waals surface area contributed by atoms with E-state index < -0.39 is 0 Å². The zero-order chi connectivity index (χ0) is 21.5. The lowest BCUT2D eigenvalue weighted by Gasteiger charge is -2.19. The second-order valence-corrected chi connectivity index (χ2v) is 7.95. The molecule has 3 aromatic carbocycles. The second-order valence-electron chi connectivity index (χ2n) is 7.95. The Morgan fingerprint density at radius 2 is 1.84 bits per heavy atom. The third-order valence-corrected chi connectivity index (χ3v) is 5.92. The van der Waals surface area contributed by atoms with Gasteiger partial charge in [-0.3, -0.25) is 4.79 Å². The van der Waals surface area contributed by atoms with Gasteiger partial charge >= 0.3 is 0 Å². The van der Waals surface area contributed by atoms with Gasteiger partial charge in [0.05, 0.1) is 17.6 Å². The number of nitrogen functional groups attached to an aromatic ring is 1. The van der Waals surface area contributed by atoms with Crippen molar-refractivity contribution in [2.75, 3.05) is 18.9 Å². The minimum absolute atomic E-state index is 0.0971. The number of aromatic nitrogens is 2. The predicted octanol–water partition coefficient (Wildman–Crippen LogP) is 4.17. The monoisotopic (exact) mass is 412 g/mol. The smallest absolute Gasteiger partial charge is 0.290 e. The average molecular weight is 412 g/mol. The van der Waals surface area contributed by atoms with Crippen LogP contribution in [0.15, 0.2) is 60.7 Å². The number of rotatable bonds is 2. The molecule has 0 saturated carbocycles. The summed E-state index contributed by atoms with van der Waals surface area (Å²) in [6.07, 6.45) is 0. The summed E-state index contributed by atoms with van der Waals surface area (Å²) in [7, 11) is 1.88. The molecule has 0 aliphatic carbocycles. The Morgan fingerprint density at radius 3 is 2.65 bits per heavy atom. The van der Waals surface area contributed by atoms with Crippen LogP contribution in [-0.2, 0) is 13.6 Å². The maximum atomic E-state index is 13.4. The number of imidazole rings is 1. The van der Waals surface area contributed by atoms with E-state index in [1.807, 2.05) is 67.1 Å². The lowest BCUT2D eigenvalue weighted by Crippen LogP contribution is -2.34. The summed E-state index contributed by atoms with van der Waals surface area (Å²) in [5, 5.41) is 0. The van der Waals surface area contributed by atoms with E-state index in [0.29, 0.717) is 25.5 Å². The van der Waals surface area contributed by atoms with Crippen molar-refractivity contribution in [1.82, 2.24) is 14.5 Å². The first kappa shape index (κ1) is 19.2. The lowest BCUT2D eigenvalue weighted by molar-refractivity contribution is 0.0718. The molecule has 0 bridgehead atoms. The van der Waals surface area contributed by atoms with Crippen LogP contribution in [0, 0.1) is 6.92 Å². The third kappa shape index (κ3) is 3.40. The van der Waals surface area contributed by atoms with Crippen LogP contribution >= 0.6 is 0 Å². The fourth-order valence-electron chi connectivity index (χ4n) is 4.05. The van der Waals surface area contributed by atoms with E-state index in [1.54, 1.807) is 4.90 Å². The highest BCUT2D eigenvalue weighted by Gasteiger charge is 2.25. The Labute approximate surface area is 180 Å². The SMILES string of the molecule is Cc1ccc(-c2ccc3c(c2)CN(C(=O)c2nc4ccccc4n2C)CCO3)cc1N. The Bertz CT molecular complexity index is 1310. The number of para-hydroxylation sites is 2. The van der Waals surface area contributed by atoms with Gasteiger partial charge in [-0.25, -0.2) is 4.98 Å². The summed E-state index contributed by atoms with van der Waals surface area (Å²) in [6.45, 7) is 3.41. The van der Waals surface area contributed by atoms with Crippen molar-refractivity contribution in [2.45, 2.75) is 13.5 Å². The second kappa shape index (κ2) is 7.47. The van der Waals surface area contributed by atoms with Crippen molar-refractivity contribution >= 4 is 22.6 Å². The van der Waals surface area contributed by atoms with Gasteiger partial charge in [0.15, 0.2) is 5.82 Å². The molecular weight excluding hydrogens is 388 g/mol. The van der Waals surface area contributed by atoms with Gasteiger partial charge < -0.3 is 19.9 Å². The number of benzene rings is 3. The van der Waals surface area contributed by atoms with Gasteiger partial charge in [-0.2, -0.15) is 0 Å². The molecule has 0 radical (unpaired) electrons. The number of nitrogens with two attached hydrogens (primary N) is 1. The third-order valence-electron chi connectivity index (χ3n) is 5.92. The molecular formula is C25H24N4O2. The molecule has 0 spiro atoms. The largest absolute Gasteiger partial charge is 0.491 e. The predicted molar refractivity (Wildman–Crippen MR) is 122 cm³/mol. The quantitative estimate of drug-likeness (QED) is 0.502. The summed E-state index contributed by atoms with van der Waals surface area (Å²) >= 11 is 0. The van der Waals surface area contributed by atoms with Crippen molar-refractivity contribution in [3.8, 4) is 16.9 Å². The van der Waals surface area contributed by atoms with Gasteiger partial charge in [-0.05, 0) is 53.9 Å². The van der Waals surface area contributed by atoms with Gasteiger partial charge in [-0.1, -0.05) is 30.3 Å². The van der Waals surface area contributed by atoms with Crippen LogP contribution in [0.2, 0.25) is 0 Å². The molecule has 0 saturated heterocycles. The van der Waals surface area contributed by atoms with Gasteiger partial charge in [0, 0.05) is 24.8 Å². The average Bonchev–Trinajstić information content (AvgIpc) is 2.97. The van der Waals surface area contributed by atoms with Crippen molar-refractivity contribution in [2.24, 2.45) is 7.05 Å². The number of nitrogens with zero attached hydrogens (tertiary/aromatic N) is 3. The number of aryl methyl sites for hydroxylation is 2. The highest BCUT2D eigenvalue weighted by atomic mass is 16.5. The van der Waals surface area contributed by atoms with Crippen LogP contribution in [0.5, 0.6) is 5.75 Å². The fraction of sp³-hybridized carbons (Fsp3) is 0.200. The molecule has 156 valence electrons. The van der Waals surface area contributed by atoms with Crippen molar-refractivity contribution in [3.63, 3.8) is 0 Å². The molecule has 1 aliphatic heterocycles. The maximum absolute atomic E-state index is 13.4. The van der Waals surface area contributed by atoms with Crippen LogP contribution in [0.4, 0.5) is 5.69 Å². The summed E-state index contributed by atoms with van der Waals surface area (Å²) in [4.78, 5) is 19.7. The first-order valence-electron chi connectivity index (χ1n) is 10.3. The number of amides is 1. The standard InChI is InChI=1S/C25H24N4O2/c1-16-7-8-18(14-20(16)26)17-9-10-23-19(13-17)15-29(11-12-31-23)25(30)24-27-21-5-3-4-6-22(21)28(24)2/h3-10,13-14H,11-12,15,26H2,1-2H3. The molecule has 1 amide bonds. The van der Waals surface area contributed by atoms with Gasteiger partial charge in [0.25, 0.3) is 5.91 Å². The first-order valence-corrected chi connectivity index (χ1v) is 10.3. The number of hydrogen-bond acceptors (Lipinski definition) is 4. The van der Waals surface area contributed by atoms with E-state index in [1.165, 1.54) is 0 Å². The number of fused-ring (bicyclic) bond motifs is 2. The van der Waals surface area contributed by atoms with Crippen LogP contribution in [0.3, 0.4) is 0 Å². The molecule has 0 atom stereocenters. The number of anilines is 1. The van der Waals surface area contributed by atoms with E-state index in [4.69, 9.17) is 10.5 Å². The molecule has 4 aromatic rings. The molecule has 2 heterocycles. The van der Waals surface area contributed by atoms with Crippen LogP contribution in [-0.4, -0.2) is 33.5 Å². The normalized spacial score (nSPS) is 13.5. The fourth-order valence-corrected chi connectivity index (χ4v) is 4.05. The van der Waals surface area contributed by atoms with E-state index in [9.17, 15) is 4.79 Å². The number of ether oxygens (including phenoxy) is 1. The van der Waals surface area contributed by atoms with Gasteiger partial charge in [0.2, 0.25) is 0 Å². The van der Waals surface area contributed by atoms with Crippen LogP contribution in [0.1, 0.15) is 21.7 Å². The highest BCUT2D eigenvalue weighted by Crippen LogP contribution is 2.31. The summed E-state index contributed by atoms with van der Waals surface area (Å²) < 4.78 is 7.80. The summed E-state index contributed by atoms with van der Waals surface area (Å²) in [5.74, 6) is 1.15. The highest BCUT2D eigenvalue weighted by molar-refractivity contribution is 5.95. The summed E-state index contributed by atoms with van der Waals surface area (Å²) in [5.41, 5.74) is 12.8. The topological polar surface area (TPSA) is 73.4 Å².